The van der Waals surface area contributed by atoms with E-state index in [1.807, 2.05) is 4.90 Å². The average molecular weight is 376 g/mol. The highest BCUT2D eigenvalue weighted by Gasteiger charge is 2.32. The molecule has 0 radical (unpaired) electrons. The van der Waals surface area contributed by atoms with Crippen LogP contribution < -0.4 is 0 Å². The zero-order valence-electron chi connectivity index (χ0n) is 14.6. The molecule has 2 heterocycles. The second kappa shape index (κ2) is 6.87. The van der Waals surface area contributed by atoms with E-state index >= 15 is 0 Å². The molecule has 4 rings (SSSR count). The van der Waals surface area contributed by atoms with Gasteiger partial charge in [-0.05, 0) is 31.4 Å². The van der Waals surface area contributed by atoms with Gasteiger partial charge in [0.1, 0.15) is 11.5 Å². The minimum Gasteiger partial charge on any atom is -0.360 e. The average Bonchev–Trinajstić information content (AvgIpc) is 3.10. The van der Waals surface area contributed by atoms with Crippen molar-refractivity contribution in [2.45, 2.75) is 38.4 Å². The van der Waals surface area contributed by atoms with Crippen molar-refractivity contribution >= 4 is 5.91 Å². The van der Waals surface area contributed by atoms with E-state index in [1.165, 1.54) is 12.1 Å². The van der Waals surface area contributed by atoms with Crippen LogP contribution >= 0.6 is 0 Å². The van der Waals surface area contributed by atoms with Crippen molar-refractivity contribution in [3.63, 3.8) is 0 Å². The van der Waals surface area contributed by atoms with Crippen LogP contribution in [0.4, 0.5) is 13.2 Å². The first kappa shape index (κ1) is 17.8. The molecule has 0 unspecified atom stereocenters. The summed E-state index contributed by atoms with van der Waals surface area (Å²) in [6, 6.07) is 4.87. The Balaban J connectivity index is 1.56. The summed E-state index contributed by atoms with van der Waals surface area (Å²) in [5, 5.41) is 4.06. The van der Waals surface area contributed by atoms with E-state index < -0.39 is 11.7 Å². The molecular formula is C20H19F3N2O2. The summed E-state index contributed by atoms with van der Waals surface area (Å²) in [6.07, 6.45) is 2.87. The number of fused-ring (bicyclic) bond motifs is 1. The summed E-state index contributed by atoms with van der Waals surface area (Å²) in [6.45, 7) is 0.960. The fourth-order valence-corrected chi connectivity index (χ4v) is 3.72. The van der Waals surface area contributed by atoms with Gasteiger partial charge in [0.05, 0.1) is 12.1 Å². The van der Waals surface area contributed by atoms with E-state index in [2.05, 4.69) is 17.3 Å². The van der Waals surface area contributed by atoms with Crippen LogP contribution in [0.15, 0.2) is 40.9 Å². The molecular weight excluding hydrogens is 357 g/mol. The summed E-state index contributed by atoms with van der Waals surface area (Å²) in [4.78, 5) is 14.6. The summed E-state index contributed by atoms with van der Waals surface area (Å²) >= 11 is 0. The summed E-state index contributed by atoms with van der Waals surface area (Å²) in [5.41, 5.74) is 1.16. The number of alkyl halides is 3. The number of benzene rings is 1. The highest BCUT2D eigenvalue weighted by Crippen LogP contribution is 2.34. The quantitative estimate of drug-likeness (QED) is 0.720. The molecule has 1 amide bonds. The number of nitrogens with zero attached hydrogens (tertiary/aromatic N) is 2. The fourth-order valence-electron chi connectivity index (χ4n) is 3.72. The minimum absolute atomic E-state index is 0.00549. The van der Waals surface area contributed by atoms with Gasteiger partial charge in [0, 0.05) is 30.0 Å². The van der Waals surface area contributed by atoms with Gasteiger partial charge in [0.2, 0.25) is 5.91 Å². The lowest BCUT2D eigenvalue weighted by atomic mass is 9.92. The number of rotatable bonds is 2. The Kier molecular flexibility index (Phi) is 4.53. The molecule has 0 spiro atoms. The monoisotopic (exact) mass is 376 g/mol. The SMILES string of the molecule is O=C([C@H]1CC=CCC1)N1CCc2onc(-c3ccc(C(F)(F)F)cc3)c2C1. The number of hydrogen-bond acceptors (Lipinski definition) is 3. The molecule has 2 aliphatic rings. The molecule has 0 saturated heterocycles. The van der Waals surface area contributed by atoms with Crippen LogP contribution in [-0.2, 0) is 23.9 Å². The van der Waals surface area contributed by atoms with E-state index in [4.69, 9.17) is 4.52 Å². The highest BCUT2D eigenvalue weighted by atomic mass is 19.4. The van der Waals surface area contributed by atoms with E-state index in [0.717, 1.165) is 37.0 Å². The third-order valence-electron chi connectivity index (χ3n) is 5.24. The minimum atomic E-state index is -4.38. The maximum absolute atomic E-state index is 12.8. The van der Waals surface area contributed by atoms with Crippen molar-refractivity contribution in [1.82, 2.24) is 10.1 Å². The van der Waals surface area contributed by atoms with Crippen LogP contribution in [-0.4, -0.2) is 22.5 Å². The molecule has 0 saturated carbocycles. The largest absolute Gasteiger partial charge is 0.416 e. The molecule has 1 aliphatic carbocycles. The Morgan fingerprint density at radius 2 is 1.96 bits per heavy atom. The van der Waals surface area contributed by atoms with E-state index in [9.17, 15) is 18.0 Å². The topological polar surface area (TPSA) is 46.3 Å². The Labute approximate surface area is 154 Å². The highest BCUT2D eigenvalue weighted by molar-refractivity contribution is 5.80. The molecule has 2 aromatic rings. The van der Waals surface area contributed by atoms with Crippen molar-refractivity contribution in [3.05, 3.63) is 53.3 Å². The van der Waals surface area contributed by atoms with Gasteiger partial charge in [-0.3, -0.25) is 4.79 Å². The lowest BCUT2D eigenvalue weighted by molar-refractivity contribution is -0.138. The van der Waals surface area contributed by atoms with Crippen LogP contribution in [0, 0.1) is 5.92 Å². The maximum atomic E-state index is 12.8. The molecule has 7 heteroatoms. The van der Waals surface area contributed by atoms with Gasteiger partial charge in [-0.15, -0.1) is 0 Å². The molecule has 1 aromatic heterocycles. The zero-order valence-corrected chi connectivity index (χ0v) is 14.6. The summed E-state index contributed by atoms with van der Waals surface area (Å²) in [5.74, 6) is 0.841. The first-order valence-electron chi connectivity index (χ1n) is 9.02. The van der Waals surface area contributed by atoms with Gasteiger partial charge in [-0.25, -0.2) is 0 Å². The fraction of sp³-hybridized carbons (Fsp3) is 0.400. The number of amides is 1. The Morgan fingerprint density at radius 1 is 1.19 bits per heavy atom. The van der Waals surface area contributed by atoms with Gasteiger partial charge in [-0.1, -0.05) is 29.4 Å². The Hall–Kier alpha value is -2.57. The number of aromatic nitrogens is 1. The standard InChI is InChI=1S/C20H19F3N2O2/c21-20(22,23)15-8-6-13(7-9-15)18-16-12-25(11-10-17(16)27-24-18)19(26)14-4-2-1-3-5-14/h1-2,6-9,14H,3-5,10-12H2/t14-/m0/s1. The van der Waals surface area contributed by atoms with Crippen molar-refractivity contribution in [2.75, 3.05) is 6.54 Å². The molecule has 0 fully saturated rings. The van der Waals surface area contributed by atoms with Crippen molar-refractivity contribution in [3.8, 4) is 11.3 Å². The smallest absolute Gasteiger partial charge is 0.360 e. The molecule has 27 heavy (non-hydrogen) atoms. The Morgan fingerprint density at radius 3 is 2.63 bits per heavy atom. The van der Waals surface area contributed by atoms with Crippen LogP contribution in [0.5, 0.6) is 0 Å². The van der Waals surface area contributed by atoms with Crippen molar-refractivity contribution < 1.29 is 22.5 Å². The van der Waals surface area contributed by atoms with E-state index in [-0.39, 0.29) is 11.8 Å². The van der Waals surface area contributed by atoms with Crippen LogP contribution in [0.3, 0.4) is 0 Å². The zero-order chi connectivity index (χ0) is 19.0. The predicted octanol–water partition coefficient (Wildman–Crippen LogP) is 4.60. The summed E-state index contributed by atoms with van der Waals surface area (Å²) < 4.78 is 43.7. The molecule has 1 aromatic carbocycles. The number of carbonyl (C=O) groups excluding carboxylic acids is 1. The summed E-state index contributed by atoms with van der Waals surface area (Å²) in [7, 11) is 0. The molecule has 1 aliphatic heterocycles. The lowest BCUT2D eigenvalue weighted by Crippen LogP contribution is -2.39. The first-order chi connectivity index (χ1) is 12.9. The van der Waals surface area contributed by atoms with Gasteiger partial charge < -0.3 is 9.42 Å². The van der Waals surface area contributed by atoms with Crippen LogP contribution in [0.25, 0.3) is 11.3 Å². The van der Waals surface area contributed by atoms with Crippen molar-refractivity contribution in [1.29, 1.82) is 0 Å². The maximum Gasteiger partial charge on any atom is 0.416 e. The van der Waals surface area contributed by atoms with Gasteiger partial charge >= 0.3 is 6.18 Å². The number of halogens is 3. The third kappa shape index (κ3) is 3.50. The number of allylic oxidation sites excluding steroid dienone is 2. The third-order valence-corrected chi connectivity index (χ3v) is 5.24. The molecule has 0 bridgehead atoms. The molecule has 1 atom stereocenters. The van der Waals surface area contributed by atoms with E-state index in [1.54, 1.807) is 0 Å². The van der Waals surface area contributed by atoms with Crippen LogP contribution in [0.1, 0.15) is 36.1 Å². The van der Waals surface area contributed by atoms with Gasteiger partial charge in [-0.2, -0.15) is 13.2 Å². The Bertz CT molecular complexity index is 868. The molecule has 142 valence electrons. The predicted molar refractivity (Wildman–Crippen MR) is 92.5 cm³/mol. The van der Waals surface area contributed by atoms with Gasteiger partial charge in [0.25, 0.3) is 0 Å². The van der Waals surface area contributed by atoms with Gasteiger partial charge in [0.15, 0.2) is 0 Å². The van der Waals surface area contributed by atoms with Crippen molar-refractivity contribution in [2.24, 2.45) is 5.92 Å². The molecule has 0 N–H and O–H groups in total. The first-order valence-corrected chi connectivity index (χ1v) is 9.02. The van der Waals surface area contributed by atoms with E-state index in [0.29, 0.717) is 36.5 Å². The lowest BCUT2D eigenvalue weighted by Gasteiger charge is -2.30. The second-order valence-electron chi connectivity index (χ2n) is 7.00. The molecule has 4 nitrogen and oxygen atoms in total. The second-order valence-corrected chi connectivity index (χ2v) is 7.00. The number of hydrogen-bond donors (Lipinski definition) is 0. The normalized spacial score (nSPS) is 19.8. The number of carbonyl (C=O) groups is 1. The van der Waals surface area contributed by atoms with Crippen LogP contribution in [0.2, 0.25) is 0 Å².